The standard InChI is InChI=1S/C20H19N5O3S2/c26-15(21-11-13-5-3-9-28-13)12-25-18-17(23-20(30-18)24-7-1-2-8-24)16(22-19(25)27)14-6-4-10-29-14/h3-6,9-10H,1-2,7-8,11-12H2,(H,21,26). The van der Waals surface area contributed by atoms with Gasteiger partial charge < -0.3 is 14.6 Å². The highest BCUT2D eigenvalue weighted by Gasteiger charge is 2.23. The number of thiazole rings is 1. The SMILES string of the molecule is O=C(Cn1c(=O)nc(-c2cccs2)c2nc(N3CCCC3)sc21)NCc1ccco1. The third-order valence-electron chi connectivity index (χ3n) is 4.98. The molecule has 1 N–H and O–H groups in total. The van der Waals surface area contributed by atoms with E-state index < -0.39 is 5.69 Å². The first-order valence-corrected chi connectivity index (χ1v) is 11.4. The summed E-state index contributed by atoms with van der Waals surface area (Å²) < 4.78 is 6.66. The zero-order valence-electron chi connectivity index (χ0n) is 16.0. The lowest BCUT2D eigenvalue weighted by Crippen LogP contribution is -2.33. The van der Waals surface area contributed by atoms with Gasteiger partial charge in [0.2, 0.25) is 5.91 Å². The molecule has 30 heavy (non-hydrogen) atoms. The lowest BCUT2D eigenvalue weighted by atomic mass is 10.3. The molecule has 0 atom stereocenters. The Morgan fingerprint density at radius 3 is 2.80 bits per heavy atom. The average molecular weight is 442 g/mol. The molecular weight excluding hydrogens is 422 g/mol. The molecule has 1 fully saturated rings. The van der Waals surface area contributed by atoms with Gasteiger partial charge in [-0.3, -0.25) is 9.36 Å². The van der Waals surface area contributed by atoms with Gasteiger partial charge in [-0.15, -0.1) is 11.3 Å². The van der Waals surface area contributed by atoms with E-state index in [9.17, 15) is 9.59 Å². The number of thiophene rings is 1. The molecule has 4 aromatic heterocycles. The minimum Gasteiger partial charge on any atom is -0.467 e. The minimum absolute atomic E-state index is 0.116. The van der Waals surface area contributed by atoms with Crippen molar-refractivity contribution in [1.29, 1.82) is 0 Å². The van der Waals surface area contributed by atoms with Crippen LogP contribution in [-0.2, 0) is 17.9 Å². The molecule has 0 aromatic carbocycles. The number of amides is 1. The van der Waals surface area contributed by atoms with Crippen LogP contribution in [0.4, 0.5) is 5.13 Å². The molecule has 1 amide bonds. The van der Waals surface area contributed by atoms with Crippen LogP contribution in [0.3, 0.4) is 0 Å². The van der Waals surface area contributed by atoms with Gasteiger partial charge in [-0.2, -0.15) is 4.98 Å². The number of rotatable bonds is 6. The van der Waals surface area contributed by atoms with Gasteiger partial charge in [-0.25, -0.2) is 9.78 Å². The highest BCUT2D eigenvalue weighted by molar-refractivity contribution is 7.22. The smallest absolute Gasteiger partial charge is 0.349 e. The van der Waals surface area contributed by atoms with Gasteiger partial charge in [0.15, 0.2) is 5.13 Å². The highest BCUT2D eigenvalue weighted by atomic mass is 32.1. The number of aromatic nitrogens is 3. The second-order valence-corrected chi connectivity index (χ2v) is 8.91. The molecule has 0 spiro atoms. The lowest BCUT2D eigenvalue weighted by molar-refractivity contribution is -0.121. The van der Waals surface area contributed by atoms with Crippen molar-refractivity contribution in [1.82, 2.24) is 19.9 Å². The Hall–Kier alpha value is -2.98. The summed E-state index contributed by atoms with van der Waals surface area (Å²) >= 11 is 2.97. The Bertz CT molecular complexity index is 1220. The van der Waals surface area contributed by atoms with E-state index in [2.05, 4.69) is 15.2 Å². The van der Waals surface area contributed by atoms with Crippen molar-refractivity contribution in [2.24, 2.45) is 0 Å². The van der Waals surface area contributed by atoms with Crippen molar-refractivity contribution >= 4 is 44.1 Å². The van der Waals surface area contributed by atoms with E-state index in [1.165, 1.54) is 27.2 Å². The van der Waals surface area contributed by atoms with E-state index in [4.69, 9.17) is 9.40 Å². The first-order chi connectivity index (χ1) is 14.7. The molecule has 0 saturated carbocycles. The normalized spacial score (nSPS) is 13.9. The zero-order chi connectivity index (χ0) is 20.5. The fourth-order valence-corrected chi connectivity index (χ4v) is 5.33. The van der Waals surface area contributed by atoms with Gasteiger partial charge in [0.25, 0.3) is 0 Å². The predicted molar refractivity (Wildman–Crippen MR) is 117 cm³/mol. The molecule has 0 radical (unpaired) electrons. The molecule has 1 aliphatic rings. The van der Waals surface area contributed by atoms with Crippen LogP contribution in [0.1, 0.15) is 18.6 Å². The van der Waals surface area contributed by atoms with Gasteiger partial charge in [0.1, 0.15) is 28.3 Å². The van der Waals surface area contributed by atoms with Gasteiger partial charge in [0.05, 0.1) is 17.7 Å². The third-order valence-corrected chi connectivity index (χ3v) is 6.99. The number of hydrogen-bond donors (Lipinski definition) is 1. The molecule has 0 bridgehead atoms. The van der Waals surface area contributed by atoms with Crippen molar-refractivity contribution in [2.75, 3.05) is 18.0 Å². The van der Waals surface area contributed by atoms with Crippen molar-refractivity contribution in [3.05, 3.63) is 52.2 Å². The van der Waals surface area contributed by atoms with Crippen LogP contribution < -0.4 is 15.9 Å². The minimum atomic E-state index is -0.448. The fourth-order valence-electron chi connectivity index (χ4n) is 3.50. The molecule has 4 aromatic rings. The van der Waals surface area contributed by atoms with E-state index in [0.29, 0.717) is 21.8 Å². The molecule has 0 aliphatic carbocycles. The molecular formula is C20H19N5O3S2. The Morgan fingerprint density at radius 2 is 2.07 bits per heavy atom. The Balaban J connectivity index is 1.52. The number of nitrogens with one attached hydrogen (secondary N) is 1. The number of anilines is 1. The van der Waals surface area contributed by atoms with Crippen molar-refractivity contribution in [3.63, 3.8) is 0 Å². The molecule has 5 rings (SSSR count). The summed E-state index contributed by atoms with van der Waals surface area (Å²) in [6, 6.07) is 7.41. The largest absolute Gasteiger partial charge is 0.467 e. The number of hydrogen-bond acceptors (Lipinski definition) is 8. The Labute approximate surface area is 179 Å². The molecule has 0 unspecified atom stereocenters. The van der Waals surface area contributed by atoms with E-state index in [1.807, 2.05) is 17.5 Å². The van der Waals surface area contributed by atoms with Crippen molar-refractivity contribution in [2.45, 2.75) is 25.9 Å². The molecule has 1 aliphatic heterocycles. The van der Waals surface area contributed by atoms with Crippen LogP contribution in [0.5, 0.6) is 0 Å². The maximum Gasteiger partial charge on any atom is 0.349 e. The highest BCUT2D eigenvalue weighted by Crippen LogP contribution is 2.35. The Kier molecular flexibility index (Phi) is 5.09. The van der Waals surface area contributed by atoms with Crippen LogP contribution in [0.15, 0.2) is 45.1 Å². The van der Waals surface area contributed by atoms with Gasteiger partial charge in [0, 0.05) is 13.1 Å². The summed E-state index contributed by atoms with van der Waals surface area (Å²) in [6.07, 6.45) is 3.82. The maximum absolute atomic E-state index is 12.9. The average Bonchev–Trinajstić information content (AvgIpc) is 3.55. The summed E-state index contributed by atoms with van der Waals surface area (Å²) in [4.78, 5) is 38.3. The van der Waals surface area contributed by atoms with Gasteiger partial charge in [-0.05, 0) is 36.4 Å². The summed E-state index contributed by atoms with van der Waals surface area (Å²) in [5.41, 5.74) is 0.803. The third kappa shape index (κ3) is 3.63. The van der Waals surface area contributed by atoms with Gasteiger partial charge >= 0.3 is 5.69 Å². The number of carbonyl (C=O) groups is 1. The summed E-state index contributed by atoms with van der Waals surface area (Å²) in [7, 11) is 0. The van der Waals surface area contributed by atoms with Crippen molar-refractivity contribution < 1.29 is 9.21 Å². The molecule has 1 saturated heterocycles. The lowest BCUT2D eigenvalue weighted by Gasteiger charge is -2.11. The van der Waals surface area contributed by atoms with Crippen LogP contribution in [0.2, 0.25) is 0 Å². The monoisotopic (exact) mass is 441 g/mol. The first-order valence-electron chi connectivity index (χ1n) is 9.68. The van der Waals surface area contributed by atoms with E-state index in [-0.39, 0.29) is 19.0 Å². The molecule has 10 heteroatoms. The number of nitrogens with zero attached hydrogens (tertiary/aromatic N) is 4. The first kappa shape index (κ1) is 19.0. The summed E-state index contributed by atoms with van der Waals surface area (Å²) in [5.74, 6) is 0.373. The van der Waals surface area contributed by atoms with Crippen LogP contribution >= 0.6 is 22.7 Å². The fraction of sp³-hybridized carbons (Fsp3) is 0.300. The van der Waals surface area contributed by atoms with Crippen LogP contribution in [0.25, 0.3) is 20.9 Å². The predicted octanol–water partition coefficient (Wildman–Crippen LogP) is 3.09. The number of fused-ring (bicyclic) bond motifs is 1. The molecule has 8 nitrogen and oxygen atoms in total. The number of furan rings is 1. The second kappa shape index (κ2) is 8.04. The zero-order valence-corrected chi connectivity index (χ0v) is 17.7. The topological polar surface area (TPSA) is 93.3 Å². The maximum atomic E-state index is 12.9. The van der Waals surface area contributed by atoms with Crippen LogP contribution in [0, 0.1) is 0 Å². The van der Waals surface area contributed by atoms with E-state index in [0.717, 1.165) is 35.9 Å². The second-order valence-electron chi connectivity index (χ2n) is 7.01. The van der Waals surface area contributed by atoms with Crippen LogP contribution in [-0.4, -0.2) is 33.5 Å². The van der Waals surface area contributed by atoms with E-state index in [1.54, 1.807) is 18.4 Å². The quantitative estimate of drug-likeness (QED) is 0.494. The molecule has 154 valence electrons. The van der Waals surface area contributed by atoms with E-state index >= 15 is 0 Å². The summed E-state index contributed by atoms with van der Waals surface area (Å²) in [5, 5.41) is 5.61. The van der Waals surface area contributed by atoms with Crippen molar-refractivity contribution in [3.8, 4) is 10.6 Å². The number of carbonyl (C=O) groups excluding carboxylic acids is 1. The summed E-state index contributed by atoms with van der Waals surface area (Å²) in [6.45, 7) is 2.06. The Morgan fingerprint density at radius 1 is 1.20 bits per heavy atom. The van der Waals surface area contributed by atoms with Gasteiger partial charge in [-0.1, -0.05) is 17.4 Å². The molecule has 5 heterocycles.